The lowest BCUT2D eigenvalue weighted by Gasteiger charge is -2.38. The van der Waals surface area contributed by atoms with E-state index in [0.717, 1.165) is 22.4 Å². The van der Waals surface area contributed by atoms with E-state index < -0.39 is 60.2 Å². The third-order valence-electron chi connectivity index (χ3n) is 5.12. The number of carbonyl (C=O) groups is 2. The van der Waals surface area contributed by atoms with E-state index in [2.05, 4.69) is 4.98 Å². The van der Waals surface area contributed by atoms with Gasteiger partial charge in [-0.3, -0.25) is 4.79 Å². The third-order valence-corrected chi connectivity index (χ3v) is 5.12. The summed E-state index contributed by atoms with van der Waals surface area (Å²) in [6.07, 6.45) is -7.40. The van der Waals surface area contributed by atoms with Crippen molar-refractivity contribution in [3.8, 4) is 5.88 Å². The standard InChI is InChI=1S/C21H16F4N2O2.C2HF3O2/c22-15-6-3-5-14(19(15)23)20(28)27-11-10-21(24,25)17(12-27)29-18-9-8-13-4-1-2-7-16(13)26-18;3-2(4,5)1(6)7/h1-9,17H,10-12H2;(H,6,7). The lowest BCUT2D eigenvalue weighted by molar-refractivity contribution is -0.192. The lowest BCUT2D eigenvalue weighted by atomic mass is 10.0. The number of para-hydroxylation sites is 1. The Labute approximate surface area is 198 Å². The van der Waals surface area contributed by atoms with Gasteiger partial charge in [-0.15, -0.1) is 0 Å². The number of ether oxygens (including phenoxy) is 1. The molecule has 13 heteroatoms. The predicted octanol–water partition coefficient (Wildman–Crippen LogP) is 5.08. The Kier molecular flexibility index (Phi) is 7.70. The fourth-order valence-corrected chi connectivity index (χ4v) is 3.28. The van der Waals surface area contributed by atoms with E-state index in [0.29, 0.717) is 5.52 Å². The molecule has 0 aliphatic carbocycles. The number of alkyl halides is 5. The van der Waals surface area contributed by atoms with Gasteiger partial charge in [0, 0.05) is 24.4 Å². The number of benzene rings is 2. The van der Waals surface area contributed by atoms with Crippen molar-refractivity contribution in [2.24, 2.45) is 0 Å². The minimum atomic E-state index is -5.08. The van der Waals surface area contributed by atoms with Crippen LogP contribution in [0.2, 0.25) is 0 Å². The summed E-state index contributed by atoms with van der Waals surface area (Å²) >= 11 is 0. The summed E-state index contributed by atoms with van der Waals surface area (Å²) < 4.78 is 93.4. The number of rotatable bonds is 3. The van der Waals surface area contributed by atoms with Gasteiger partial charge in [-0.05, 0) is 24.3 Å². The zero-order chi connectivity index (χ0) is 26.7. The average molecular weight is 518 g/mol. The molecule has 0 saturated carbocycles. The van der Waals surface area contributed by atoms with Crippen LogP contribution in [0.5, 0.6) is 5.88 Å². The van der Waals surface area contributed by atoms with Crippen LogP contribution in [0.15, 0.2) is 54.6 Å². The minimum Gasteiger partial charge on any atom is -0.475 e. The molecule has 4 rings (SSSR count). The van der Waals surface area contributed by atoms with Crippen LogP contribution in [-0.2, 0) is 4.79 Å². The van der Waals surface area contributed by atoms with Gasteiger partial charge >= 0.3 is 12.1 Å². The van der Waals surface area contributed by atoms with Gasteiger partial charge in [-0.1, -0.05) is 24.3 Å². The van der Waals surface area contributed by atoms with Gasteiger partial charge in [0.2, 0.25) is 5.88 Å². The molecule has 2 heterocycles. The second kappa shape index (κ2) is 10.4. The molecule has 0 spiro atoms. The van der Waals surface area contributed by atoms with Gasteiger partial charge < -0.3 is 14.7 Å². The topological polar surface area (TPSA) is 79.7 Å². The Morgan fingerprint density at radius 1 is 1.03 bits per heavy atom. The van der Waals surface area contributed by atoms with Gasteiger partial charge in [0.15, 0.2) is 17.7 Å². The minimum absolute atomic E-state index is 0.000361. The molecule has 2 aromatic carbocycles. The monoisotopic (exact) mass is 518 g/mol. The van der Waals surface area contributed by atoms with Crippen molar-refractivity contribution in [2.75, 3.05) is 13.1 Å². The molecule has 3 aromatic rings. The van der Waals surface area contributed by atoms with Crippen molar-refractivity contribution < 1.29 is 50.2 Å². The van der Waals surface area contributed by atoms with E-state index in [1.165, 1.54) is 12.1 Å². The van der Waals surface area contributed by atoms with Crippen LogP contribution in [0, 0.1) is 11.6 Å². The van der Waals surface area contributed by atoms with Gasteiger partial charge in [0.1, 0.15) is 0 Å². The highest BCUT2D eigenvalue weighted by Crippen LogP contribution is 2.32. The summed E-state index contributed by atoms with van der Waals surface area (Å²) in [4.78, 5) is 26.7. The molecule has 1 amide bonds. The average Bonchev–Trinajstić information content (AvgIpc) is 2.81. The fourth-order valence-electron chi connectivity index (χ4n) is 3.28. The number of hydrogen-bond donors (Lipinski definition) is 1. The van der Waals surface area contributed by atoms with E-state index in [-0.39, 0.29) is 12.4 Å². The molecule has 1 fully saturated rings. The van der Waals surface area contributed by atoms with Crippen LogP contribution in [0.1, 0.15) is 16.8 Å². The Hall–Kier alpha value is -3.90. The van der Waals surface area contributed by atoms with Gasteiger partial charge in [0.05, 0.1) is 17.6 Å². The number of halogens is 7. The Morgan fingerprint density at radius 3 is 2.36 bits per heavy atom. The Bertz CT molecular complexity index is 1270. The van der Waals surface area contributed by atoms with E-state index in [9.17, 15) is 35.5 Å². The van der Waals surface area contributed by atoms with Crippen molar-refractivity contribution >= 4 is 22.8 Å². The van der Waals surface area contributed by atoms with Crippen molar-refractivity contribution in [1.82, 2.24) is 9.88 Å². The summed E-state index contributed by atoms with van der Waals surface area (Å²) in [7, 11) is 0. The first-order chi connectivity index (χ1) is 16.8. The third kappa shape index (κ3) is 6.20. The molecule has 0 bridgehead atoms. The Morgan fingerprint density at radius 2 is 1.69 bits per heavy atom. The quantitative estimate of drug-likeness (QED) is 0.490. The summed E-state index contributed by atoms with van der Waals surface area (Å²) in [5.74, 6) is -9.30. The maximum atomic E-state index is 14.4. The van der Waals surface area contributed by atoms with Crippen molar-refractivity contribution in [3.05, 3.63) is 71.8 Å². The molecule has 1 saturated heterocycles. The number of carbonyl (C=O) groups excluding carboxylic acids is 1. The second-order valence-electron chi connectivity index (χ2n) is 7.62. The van der Waals surface area contributed by atoms with E-state index >= 15 is 0 Å². The molecular formula is C23H17F7N2O4. The van der Waals surface area contributed by atoms with Gasteiger partial charge in [-0.2, -0.15) is 13.2 Å². The fraction of sp³-hybridized carbons (Fsp3) is 0.261. The lowest BCUT2D eigenvalue weighted by Crippen LogP contribution is -2.55. The van der Waals surface area contributed by atoms with E-state index in [1.807, 2.05) is 12.1 Å². The van der Waals surface area contributed by atoms with Crippen molar-refractivity contribution in [1.29, 1.82) is 0 Å². The highest BCUT2D eigenvalue weighted by molar-refractivity contribution is 5.94. The second-order valence-corrected chi connectivity index (χ2v) is 7.62. The van der Waals surface area contributed by atoms with Gasteiger partial charge in [-0.25, -0.2) is 27.3 Å². The van der Waals surface area contributed by atoms with Crippen LogP contribution in [0.4, 0.5) is 30.7 Å². The predicted molar refractivity (Wildman–Crippen MR) is 112 cm³/mol. The van der Waals surface area contributed by atoms with Crippen LogP contribution in [-0.4, -0.2) is 58.2 Å². The van der Waals surface area contributed by atoms with Crippen LogP contribution < -0.4 is 4.74 Å². The van der Waals surface area contributed by atoms with Crippen LogP contribution in [0.25, 0.3) is 10.9 Å². The first kappa shape index (κ1) is 26.7. The van der Waals surface area contributed by atoms with Gasteiger partial charge in [0.25, 0.3) is 11.8 Å². The zero-order valence-electron chi connectivity index (χ0n) is 18.1. The smallest absolute Gasteiger partial charge is 0.475 e. The molecule has 1 aromatic heterocycles. The first-order valence-electron chi connectivity index (χ1n) is 10.2. The number of likely N-dealkylation sites (tertiary alicyclic amines) is 1. The molecule has 1 atom stereocenters. The normalized spacial score (nSPS) is 17.2. The number of pyridine rings is 1. The number of fused-ring (bicyclic) bond motifs is 1. The SMILES string of the molecule is O=C(O)C(F)(F)F.O=C(c1cccc(F)c1F)N1CCC(F)(F)C(Oc2ccc3ccccc3n2)C1. The first-order valence-corrected chi connectivity index (χ1v) is 10.2. The summed E-state index contributed by atoms with van der Waals surface area (Å²) in [6, 6.07) is 13.5. The molecule has 192 valence electrons. The summed E-state index contributed by atoms with van der Waals surface area (Å²) in [6.45, 7) is -0.775. The number of aromatic nitrogens is 1. The van der Waals surface area contributed by atoms with Crippen LogP contribution >= 0.6 is 0 Å². The maximum Gasteiger partial charge on any atom is 0.490 e. The van der Waals surface area contributed by atoms with Crippen LogP contribution in [0.3, 0.4) is 0 Å². The number of amides is 1. The zero-order valence-corrected chi connectivity index (χ0v) is 18.1. The number of hydrogen-bond acceptors (Lipinski definition) is 4. The molecule has 6 nitrogen and oxygen atoms in total. The molecule has 0 radical (unpaired) electrons. The maximum absolute atomic E-state index is 14.4. The number of carboxylic acid groups (broad SMARTS) is 1. The highest BCUT2D eigenvalue weighted by Gasteiger charge is 2.47. The molecular weight excluding hydrogens is 501 g/mol. The number of nitrogens with zero attached hydrogens (tertiary/aromatic N) is 2. The van der Waals surface area contributed by atoms with Crippen molar-refractivity contribution in [2.45, 2.75) is 24.6 Å². The van der Waals surface area contributed by atoms with E-state index in [1.54, 1.807) is 18.2 Å². The Balaban J connectivity index is 0.000000454. The largest absolute Gasteiger partial charge is 0.490 e. The van der Waals surface area contributed by atoms with E-state index in [4.69, 9.17) is 14.6 Å². The summed E-state index contributed by atoms with van der Waals surface area (Å²) in [5.41, 5.74) is 0.0803. The number of piperidine rings is 1. The number of carboxylic acids is 1. The highest BCUT2D eigenvalue weighted by atomic mass is 19.4. The number of aliphatic carboxylic acids is 1. The molecule has 1 N–H and O–H groups in total. The molecule has 36 heavy (non-hydrogen) atoms. The van der Waals surface area contributed by atoms with Crippen molar-refractivity contribution in [3.63, 3.8) is 0 Å². The molecule has 1 aliphatic rings. The molecule has 1 aliphatic heterocycles. The molecule has 1 unspecified atom stereocenters. The summed E-state index contributed by atoms with van der Waals surface area (Å²) in [5, 5.41) is 7.95.